The molecule has 1 aromatic rings. The third kappa shape index (κ3) is 5.05. The topological polar surface area (TPSA) is 27.7 Å². The smallest absolute Gasteiger partial charge is 0.160 e. The zero-order chi connectivity index (χ0) is 18.4. The molecule has 2 aliphatic rings. The first kappa shape index (κ1) is 19.8. The van der Waals surface area contributed by atoms with Crippen LogP contribution in [-0.4, -0.2) is 26.1 Å². The number of ether oxygens (including phenoxy) is 3. The van der Waals surface area contributed by atoms with Crippen molar-refractivity contribution in [2.75, 3.05) is 19.8 Å². The zero-order valence-corrected chi connectivity index (χ0v) is 16.2. The van der Waals surface area contributed by atoms with Gasteiger partial charge < -0.3 is 14.2 Å². The standard InChI is InChI=1S/C22H33FO3/c1-3-5-16-13-25-22(26-14-16)18-8-6-17(7-9-18)19-10-11-20(15-24-4-2)21(23)12-19/h10-12,16-18,22H,3-9,13-15H2,1-2H3/t16-,17-,18-,22-. The van der Waals surface area contributed by atoms with Gasteiger partial charge in [-0.3, -0.25) is 0 Å². The van der Waals surface area contributed by atoms with Crippen LogP contribution in [0.1, 0.15) is 69.4 Å². The van der Waals surface area contributed by atoms with Crippen LogP contribution in [0.5, 0.6) is 0 Å². The van der Waals surface area contributed by atoms with E-state index >= 15 is 0 Å². The Hall–Kier alpha value is -0.970. The lowest BCUT2D eigenvalue weighted by atomic mass is 9.78. The summed E-state index contributed by atoms with van der Waals surface area (Å²) in [7, 11) is 0. The molecule has 1 saturated heterocycles. The van der Waals surface area contributed by atoms with Gasteiger partial charge in [0.1, 0.15) is 5.82 Å². The molecule has 1 saturated carbocycles. The SMILES string of the molecule is CCC[C@H]1CO[C@H]([C@H]2CC[C@H](c3ccc(COCC)c(F)c3)CC2)OC1. The highest BCUT2D eigenvalue weighted by atomic mass is 19.1. The van der Waals surface area contributed by atoms with Gasteiger partial charge in [-0.05, 0) is 56.6 Å². The Balaban J connectivity index is 1.48. The molecule has 3 nitrogen and oxygen atoms in total. The average Bonchev–Trinajstić information content (AvgIpc) is 2.68. The predicted octanol–water partition coefficient (Wildman–Crippen LogP) is 5.43. The van der Waals surface area contributed by atoms with Gasteiger partial charge in [-0.25, -0.2) is 4.39 Å². The summed E-state index contributed by atoms with van der Waals surface area (Å²) in [5.41, 5.74) is 1.77. The minimum atomic E-state index is -0.140. The van der Waals surface area contributed by atoms with E-state index in [-0.39, 0.29) is 12.1 Å². The Kier molecular flexibility index (Phi) is 7.47. The lowest BCUT2D eigenvalue weighted by Gasteiger charge is -2.37. The summed E-state index contributed by atoms with van der Waals surface area (Å²) in [6.45, 7) is 6.77. The highest BCUT2D eigenvalue weighted by Gasteiger charge is 2.32. The van der Waals surface area contributed by atoms with Crippen LogP contribution in [0.2, 0.25) is 0 Å². The zero-order valence-electron chi connectivity index (χ0n) is 16.2. The van der Waals surface area contributed by atoms with Gasteiger partial charge >= 0.3 is 0 Å². The van der Waals surface area contributed by atoms with E-state index in [0.29, 0.717) is 36.5 Å². The van der Waals surface area contributed by atoms with Crippen LogP contribution in [0.4, 0.5) is 4.39 Å². The summed E-state index contributed by atoms with van der Waals surface area (Å²) in [5.74, 6) is 1.35. The quantitative estimate of drug-likeness (QED) is 0.646. The van der Waals surface area contributed by atoms with E-state index in [1.807, 2.05) is 13.0 Å². The first-order valence-corrected chi connectivity index (χ1v) is 10.3. The van der Waals surface area contributed by atoms with E-state index in [1.165, 1.54) is 12.8 Å². The van der Waals surface area contributed by atoms with Crippen LogP contribution in [0.25, 0.3) is 0 Å². The number of hydrogen-bond donors (Lipinski definition) is 0. The molecule has 0 aromatic heterocycles. The van der Waals surface area contributed by atoms with Crippen LogP contribution >= 0.6 is 0 Å². The maximum absolute atomic E-state index is 14.3. The molecule has 146 valence electrons. The normalized spacial score (nSPS) is 29.7. The first-order chi connectivity index (χ1) is 12.7. The van der Waals surface area contributed by atoms with Gasteiger partial charge in [0.25, 0.3) is 0 Å². The molecule has 4 heteroatoms. The third-order valence-electron chi connectivity index (χ3n) is 5.86. The van der Waals surface area contributed by atoms with E-state index < -0.39 is 0 Å². The molecule has 1 aromatic carbocycles. The lowest BCUT2D eigenvalue weighted by molar-refractivity contribution is -0.229. The Morgan fingerprint density at radius 2 is 1.81 bits per heavy atom. The largest absolute Gasteiger partial charge is 0.377 e. The van der Waals surface area contributed by atoms with Crippen molar-refractivity contribution in [2.24, 2.45) is 11.8 Å². The molecule has 1 heterocycles. The van der Waals surface area contributed by atoms with Crippen LogP contribution in [0.15, 0.2) is 18.2 Å². The van der Waals surface area contributed by atoms with Gasteiger partial charge in [0.2, 0.25) is 0 Å². The van der Waals surface area contributed by atoms with Crippen molar-refractivity contribution < 1.29 is 18.6 Å². The molecular formula is C22H33FO3. The van der Waals surface area contributed by atoms with E-state index in [9.17, 15) is 4.39 Å². The Morgan fingerprint density at radius 3 is 2.42 bits per heavy atom. The Labute approximate surface area is 157 Å². The minimum absolute atomic E-state index is 0.0330. The molecule has 0 bridgehead atoms. The fourth-order valence-electron chi connectivity index (χ4n) is 4.28. The summed E-state index contributed by atoms with van der Waals surface area (Å²) in [6, 6.07) is 5.67. The number of hydrogen-bond acceptors (Lipinski definition) is 3. The van der Waals surface area contributed by atoms with Crippen LogP contribution < -0.4 is 0 Å². The van der Waals surface area contributed by atoms with Gasteiger partial charge in [-0.1, -0.05) is 25.5 Å². The number of rotatable bonds is 7. The van der Waals surface area contributed by atoms with Crippen LogP contribution in [0, 0.1) is 17.7 Å². The predicted molar refractivity (Wildman–Crippen MR) is 101 cm³/mol. The molecule has 0 spiro atoms. The summed E-state index contributed by atoms with van der Waals surface area (Å²) in [6.07, 6.45) is 6.69. The number of benzene rings is 1. The van der Waals surface area contributed by atoms with E-state index in [0.717, 1.165) is 44.5 Å². The first-order valence-electron chi connectivity index (χ1n) is 10.3. The molecule has 0 amide bonds. The second-order valence-electron chi connectivity index (χ2n) is 7.79. The van der Waals surface area contributed by atoms with Crippen molar-refractivity contribution in [3.8, 4) is 0 Å². The minimum Gasteiger partial charge on any atom is -0.377 e. The Bertz CT molecular complexity index is 546. The Morgan fingerprint density at radius 1 is 1.08 bits per heavy atom. The molecule has 3 rings (SSSR count). The molecule has 0 atom stereocenters. The van der Waals surface area contributed by atoms with Crippen molar-refractivity contribution >= 4 is 0 Å². The summed E-state index contributed by atoms with van der Waals surface area (Å²) in [5, 5.41) is 0. The van der Waals surface area contributed by atoms with Crippen molar-refractivity contribution in [3.63, 3.8) is 0 Å². The maximum atomic E-state index is 14.3. The molecule has 1 aliphatic heterocycles. The average molecular weight is 365 g/mol. The fourth-order valence-corrected chi connectivity index (χ4v) is 4.28. The van der Waals surface area contributed by atoms with Gasteiger partial charge in [-0.15, -0.1) is 0 Å². The van der Waals surface area contributed by atoms with Gasteiger partial charge in [0.15, 0.2) is 6.29 Å². The second-order valence-corrected chi connectivity index (χ2v) is 7.79. The van der Waals surface area contributed by atoms with Crippen LogP contribution in [-0.2, 0) is 20.8 Å². The van der Waals surface area contributed by atoms with Gasteiger partial charge in [0, 0.05) is 24.0 Å². The van der Waals surface area contributed by atoms with E-state index in [4.69, 9.17) is 14.2 Å². The van der Waals surface area contributed by atoms with Crippen molar-refractivity contribution in [1.82, 2.24) is 0 Å². The van der Waals surface area contributed by atoms with Gasteiger partial charge in [0.05, 0.1) is 19.8 Å². The molecule has 0 radical (unpaired) electrons. The maximum Gasteiger partial charge on any atom is 0.160 e. The van der Waals surface area contributed by atoms with Crippen LogP contribution in [0.3, 0.4) is 0 Å². The molecule has 26 heavy (non-hydrogen) atoms. The number of halogens is 1. The van der Waals surface area contributed by atoms with E-state index in [2.05, 4.69) is 13.0 Å². The summed E-state index contributed by atoms with van der Waals surface area (Å²) in [4.78, 5) is 0. The highest BCUT2D eigenvalue weighted by molar-refractivity contribution is 5.27. The van der Waals surface area contributed by atoms with E-state index in [1.54, 1.807) is 6.07 Å². The second kappa shape index (κ2) is 9.82. The molecule has 2 fully saturated rings. The molecule has 0 unspecified atom stereocenters. The van der Waals surface area contributed by atoms with Gasteiger partial charge in [-0.2, -0.15) is 0 Å². The molecule has 1 aliphatic carbocycles. The monoisotopic (exact) mass is 364 g/mol. The molecular weight excluding hydrogens is 331 g/mol. The molecule has 0 N–H and O–H groups in total. The van der Waals surface area contributed by atoms with Crippen molar-refractivity contribution in [2.45, 2.75) is 71.2 Å². The highest BCUT2D eigenvalue weighted by Crippen LogP contribution is 2.39. The summed E-state index contributed by atoms with van der Waals surface area (Å²) < 4.78 is 31.6. The summed E-state index contributed by atoms with van der Waals surface area (Å²) >= 11 is 0. The third-order valence-corrected chi connectivity index (χ3v) is 5.86. The lowest BCUT2D eigenvalue weighted by Crippen LogP contribution is -2.38. The van der Waals surface area contributed by atoms with Crippen molar-refractivity contribution in [3.05, 3.63) is 35.1 Å². The van der Waals surface area contributed by atoms with Crippen molar-refractivity contribution in [1.29, 1.82) is 0 Å². The fraction of sp³-hybridized carbons (Fsp3) is 0.727.